The van der Waals surface area contributed by atoms with Gasteiger partial charge in [-0.2, -0.15) is 0 Å². The van der Waals surface area contributed by atoms with E-state index in [1.54, 1.807) is 31.4 Å². The van der Waals surface area contributed by atoms with Crippen LogP contribution >= 0.6 is 0 Å². The van der Waals surface area contributed by atoms with Gasteiger partial charge < -0.3 is 15.4 Å². The average molecular weight is 327 g/mol. The SMILES string of the molecule is COCCNCC(=O)Nc1cccc(N2CCCS2(=O)=O)c1. The molecule has 0 saturated carbocycles. The van der Waals surface area contributed by atoms with Crippen molar-refractivity contribution in [2.24, 2.45) is 0 Å². The predicted molar refractivity (Wildman–Crippen MR) is 85.6 cm³/mol. The number of amides is 1. The molecule has 7 nitrogen and oxygen atoms in total. The van der Waals surface area contributed by atoms with Crippen molar-refractivity contribution in [3.8, 4) is 0 Å². The molecule has 2 rings (SSSR count). The number of hydrogen-bond acceptors (Lipinski definition) is 5. The monoisotopic (exact) mass is 327 g/mol. The largest absolute Gasteiger partial charge is 0.383 e. The zero-order valence-electron chi connectivity index (χ0n) is 12.5. The van der Waals surface area contributed by atoms with Crippen LogP contribution in [0.2, 0.25) is 0 Å². The van der Waals surface area contributed by atoms with Gasteiger partial charge in [-0.25, -0.2) is 8.42 Å². The Morgan fingerprint density at radius 1 is 1.41 bits per heavy atom. The van der Waals surface area contributed by atoms with E-state index >= 15 is 0 Å². The lowest BCUT2D eigenvalue weighted by Gasteiger charge is -2.17. The first kappa shape index (κ1) is 16.7. The van der Waals surface area contributed by atoms with Gasteiger partial charge in [0.2, 0.25) is 15.9 Å². The van der Waals surface area contributed by atoms with Crippen molar-refractivity contribution in [1.29, 1.82) is 0 Å². The van der Waals surface area contributed by atoms with E-state index < -0.39 is 10.0 Å². The number of anilines is 2. The van der Waals surface area contributed by atoms with Crippen molar-refractivity contribution >= 4 is 27.3 Å². The van der Waals surface area contributed by atoms with Crippen molar-refractivity contribution in [1.82, 2.24) is 5.32 Å². The molecular formula is C14H21N3O4S. The number of carbonyl (C=O) groups excluding carboxylic acids is 1. The van der Waals surface area contributed by atoms with Gasteiger partial charge >= 0.3 is 0 Å². The molecule has 1 amide bonds. The summed E-state index contributed by atoms with van der Waals surface area (Å²) < 4.78 is 30.1. The van der Waals surface area contributed by atoms with Crippen LogP contribution in [-0.2, 0) is 19.6 Å². The molecule has 1 fully saturated rings. The van der Waals surface area contributed by atoms with Gasteiger partial charge in [-0.1, -0.05) is 6.07 Å². The first-order chi connectivity index (χ1) is 10.5. The summed E-state index contributed by atoms with van der Waals surface area (Å²) >= 11 is 0. The number of benzene rings is 1. The smallest absolute Gasteiger partial charge is 0.238 e. The summed E-state index contributed by atoms with van der Waals surface area (Å²) in [6, 6.07) is 6.88. The second-order valence-corrected chi connectivity index (χ2v) is 7.02. The van der Waals surface area contributed by atoms with Crippen molar-refractivity contribution in [3.05, 3.63) is 24.3 Å². The third kappa shape index (κ3) is 4.43. The van der Waals surface area contributed by atoms with Gasteiger partial charge in [0.1, 0.15) is 0 Å². The maximum absolute atomic E-state index is 11.9. The van der Waals surface area contributed by atoms with E-state index in [4.69, 9.17) is 4.74 Å². The van der Waals surface area contributed by atoms with Crippen LogP contribution in [0.4, 0.5) is 11.4 Å². The molecule has 0 aromatic heterocycles. The first-order valence-corrected chi connectivity index (χ1v) is 8.74. The second kappa shape index (κ2) is 7.57. The molecule has 0 bridgehead atoms. The minimum absolute atomic E-state index is 0.174. The Kier molecular flexibility index (Phi) is 5.76. The Morgan fingerprint density at radius 3 is 2.91 bits per heavy atom. The van der Waals surface area contributed by atoms with E-state index in [1.165, 1.54) is 4.31 Å². The molecule has 1 aromatic rings. The van der Waals surface area contributed by atoms with Gasteiger partial charge in [0.05, 0.1) is 24.6 Å². The summed E-state index contributed by atoms with van der Waals surface area (Å²) in [7, 11) is -1.61. The zero-order valence-corrected chi connectivity index (χ0v) is 13.4. The van der Waals surface area contributed by atoms with E-state index in [0.29, 0.717) is 37.5 Å². The lowest BCUT2D eigenvalue weighted by molar-refractivity contribution is -0.115. The third-order valence-electron chi connectivity index (χ3n) is 3.29. The number of nitrogens with one attached hydrogen (secondary N) is 2. The predicted octanol–water partition coefficient (Wildman–Crippen LogP) is 0.401. The number of sulfonamides is 1. The quantitative estimate of drug-likeness (QED) is 0.708. The Morgan fingerprint density at radius 2 is 2.23 bits per heavy atom. The summed E-state index contributed by atoms with van der Waals surface area (Å²) in [4.78, 5) is 11.8. The molecule has 1 aliphatic rings. The van der Waals surface area contributed by atoms with Crippen LogP contribution in [0.1, 0.15) is 6.42 Å². The van der Waals surface area contributed by atoms with Gasteiger partial charge in [0.25, 0.3) is 0 Å². The van der Waals surface area contributed by atoms with Crippen molar-refractivity contribution in [2.45, 2.75) is 6.42 Å². The maximum atomic E-state index is 11.9. The molecule has 0 atom stereocenters. The highest BCUT2D eigenvalue weighted by Crippen LogP contribution is 2.26. The molecule has 1 saturated heterocycles. The Hall–Kier alpha value is -1.64. The summed E-state index contributed by atoms with van der Waals surface area (Å²) in [5, 5.41) is 5.69. The topological polar surface area (TPSA) is 87.7 Å². The minimum Gasteiger partial charge on any atom is -0.383 e. The number of hydrogen-bond donors (Lipinski definition) is 2. The van der Waals surface area contributed by atoms with E-state index in [0.717, 1.165) is 0 Å². The summed E-state index contributed by atoms with van der Waals surface area (Å²) in [6.07, 6.45) is 0.627. The summed E-state index contributed by atoms with van der Waals surface area (Å²) in [5.74, 6) is -0.00922. The zero-order chi connectivity index (χ0) is 16.0. The van der Waals surface area contributed by atoms with Gasteiger partial charge in [0.15, 0.2) is 0 Å². The van der Waals surface area contributed by atoms with Crippen molar-refractivity contribution in [2.75, 3.05) is 48.7 Å². The average Bonchev–Trinajstić information content (AvgIpc) is 2.83. The van der Waals surface area contributed by atoms with Crippen molar-refractivity contribution in [3.63, 3.8) is 0 Å². The molecule has 0 unspecified atom stereocenters. The molecule has 0 radical (unpaired) electrons. The summed E-state index contributed by atoms with van der Waals surface area (Å²) in [6.45, 7) is 1.79. The fourth-order valence-electron chi connectivity index (χ4n) is 2.25. The van der Waals surface area contributed by atoms with Crippen LogP contribution in [0.15, 0.2) is 24.3 Å². The number of ether oxygens (including phenoxy) is 1. The normalized spacial score (nSPS) is 16.7. The highest BCUT2D eigenvalue weighted by atomic mass is 32.2. The Balaban J connectivity index is 1.96. The molecule has 22 heavy (non-hydrogen) atoms. The molecule has 2 N–H and O–H groups in total. The fraction of sp³-hybridized carbons (Fsp3) is 0.500. The molecule has 0 aliphatic carbocycles. The minimum atomic E-state index is -3.21. The molecule has 1 aliphatic heterocycles. The van der Waals surface area contributed by atoms with Crippen LogP contribution in [0, 0.1) is 0 Å². The number of carbonyl (C=O) groups is 1. The van der Waals surface area contributed by atoms with E-state index in [1.807, 2.05) is 0 Å². The lowest BCUT2D eigenvalue weighted by atomic mass is 10.2. The van der Waals surface area contributed by atoms with Crippen LogP contribution in [0.5, 0.6) is 0 Å². The number of rotatable bonds is 7. The second-order valence-electron chi connectivity index (χ2n) is 5.01. The number of methoxy groups -OCH3 is 1. The molecule has 1 aromatic carbocycles. The molecule has 8 heteroatoms. The molecule has 0 spiro atoms. The highest BCUT2D eigenvalue weighted by molar-refractivity contribution is 7.93. The van der Waals surface area contributed by atoms with Gasteiger partial charge in [-0.05, 0) is 24.6 Å². The van der Waals surface area contributed by atoms with Crippen LogP contribution in [0.3, 0.4) is 0 Å². The first-order valence-electron chi connectivity index (χ1n) is 7.13. The Labute approximate surface area is 130 Å². The maximum Gasteiger partial charge on any atom is 0.238 e. The molecule has 1 heterocycles. The van der Waals surface area contributed by atoms with Gasteiger partial charge in [-0.3, -0.25) is 9.10 Å². The lowest BCUT2D eigenvalue weighted by Crippen LogP contribution is -2.30. The molecular weight excluding hydrogens is 306 g/mol. The molecule has 122 valence electrons. The van der Waals surface area contributed by atoms with E-state index in [-0.39, 0.29) is 18.2 Å². The van der Waals surface area contributed by atoms with Crippen LogP contribution < -0.4 is 14.9 Å². The van der Waals surface area contributed by atoms with E-state index in [2.05, 4.69) is 10.6 Å². The fourth-order valence-corrected chi connectivity index (χ4v) is 3.81. The van der Waals surface area contributed by atoms with Gasteiger partial charge in [0, 0.05) is 25.9 Å². The Bertz CT molecular complexity index is 618. The third-order valence-corrected chi connectivity index (χ3v) is 5.16. The van der Waals surface area contributed by atoms with Crippen LogP contribution in [0.25, 0.3) is 0 Å². The van der Waals surface area contributed by atoms with Gasteiger partial charge in [-0.15, -0.1) is 0 Å². The van der Waals surface area contributed by atoms with Crippen molar-refractivity contribution < 1.29 is 17.9 Å². The standard InChI is InChI=1S/C14H21N3O4S/c1-21-8-6-15-11-14(18)16-12-4-2-5-13(10-12)17-7-3-9-22(17,19)20/h2,4-5,10,15H,3,6-9,11H2,1H3,(H,16,18). The van der Waals surface area contributed by atoms with E-state index in [9.17, 15) is 13.2 Å². The van der Waals surface area contributed by atoms with Crippen LogP contribution in [-0.4, -0.2) is 53.4 Å². The summed E-state index contributed by atoms with van der Waals surface area (Å²) in [5.41, 5.74) is 1.17. The number of nitrogens with zero attached hydrogens (tertiary/aromatic N) is 1. The highest BCUT2D eigenvalue weighted by Gasteiger charge is 2.28.